The third-order valence-corrected chi connectivity index (χ3v) is 2.43. The van der Waals surface area contributed by atoms with Gasteiger partial charge >= 0.3 is 6.18 Å². The minimum absolute atomic E-state index is 0.173. The summed E-state index contributed by atoms with van der Waals surface area (Å²) in [6.45, 7) is 0.680. The number of hydrogen-bond donors (Lipinski definition) is 1. The summed E-state index contributed by atoms with van der Waals surface area (Å²) >= 11 is 0. The number of nitro groups is 1. The lowest BCUT2D eigenvalue weighted by Crippen LogP contribution is -2.36. The van der Waals surface area contributed by atoms with Gasteiger partial charge in [-0.1, -0.05) is 0 Å². The van der Waals surface area contributed by atoms with Crippen molar-refractivity contribution in [1.82, 2.24) is 9.88 Å². The lowest BCUT2D eigenvalue weighted by atomic mass is 10.2. The SMILES string of the molecule is CCNc1cc(C(=O)N(C)CC(F)(F)F)c([N+](=O)[O-])cn1. The van der Waals surface area contributed by atoms with Crippen molar-refractivity contribution in [2.75, 3.05) is 25.5 Å². The van der Waals surface area contributed by atoms with Gasteiger partial charge in [-0.3, -0.25) is 14.9 Å². The molecule has 1 rings (SSSR count). The number of carbonyl (C=O) groups excluding carboxylic acids is 1. The van der Waals surface area contributed by atoms with Crippen LogP contribution in [0.15, 0.2) is 12.3 Å². The second-order valence-corrected chi connectivity index (χ2v) is 4.15. The molecule has 10 heteroatoms. The number of alkyl halides is 3. The zero-order chi connectivity index (χ0) is 16.2. The van der Waals surface area contributed by atoms with Crippen LogP contribution in [0, 0.1) is 10.1 Å². The van der Waals surface area contributed by atoms with Gasteiger partial charge < -0.3 is 10.2 Å². The second-order valence-electron chi connectivity index (χ2n) is 4.15. The molecule has 7 nitrogen and oxygen atoms in total. The molecule has 0 saturated carbocycles. The first-order chi connectivity index (χ1) is 9.65. The van der Waals surface area contributed by atoms with Crippen LogP contribution in [0.1, 0.15) is 17.3 Å². The Morgan fingerprint density at radius 2 is 2.14 bits per heavy atom. The van der Waals surface area contributed by atoms with E-state index in [-0.39, 0.29) is 5.82 Å². The maximum atomic E-state index is 12.3. The lowest BCUT2D eigenvalue weighted by Gasteiger charge is -2.19. The fourth-order valence-corrected chi connectivity index (χ4v) is 1.59. The van der Waals surface area contributed by atoms with Crippen molar-refractivity contribution in [3.8, 4) is 0 Å². The Morgan fingerprint density at radius 1 is 1.52 bits per heavy atom. The summed E-state index contributed by atoms with van der Waals surface area (Å²) in [5.74, 6) is -0.924. The highest BCUT2D eigenvalue weighted by Gasteiger charge is 2.33. The van der Waals surface area contributed by atoms with Gasteiger partial charge in [-0.2, -0.15) is 13.2 Å². The van der Waals surface area contributed by atoms with Crippen LogP contribution in [0.3, 0.4) is 0 Å². The molecular weight excluding hydrogens is 293 g/mol. The van der Waals surface area contributed by atoms with E-state index in [1.54, 1.807) is 6.92 Å². The first-order valence-corrected chi connectivity index (χ1v) is 5.86. The number of hydrogen-bond acceptors (Lipinski definition) is 5. The summed E-state index contributed by atoms with van der Waals surface area (Å²) in [6.07, 6.45) is -3.75. The maximum absolute atomic E-state index is 12.3. The quantitative estimate of drug-likeness (QED) is 0.664. The summed E-state index contributed by atoms with van der Waals surface area (Å²) in [6, 6.07) is 1.07. The Kier molecular flexibility index (Phi) is 5.06. The largest absolute Gasteiger partial charge is 0.406 e. The van der Waals surface area contributed by atoms with Crippen LogP contribution >= 0.6 is 0 Å². The number of pyridine rings is 1. The van der Waals surface area contributed by atoms with Gasteiger partial charge in [0.05, 0.1) is 4.92 Å². The van der Waals surface area contributed by atoms with Gasteiger partial charge in [-0.25, -0.2) is 4.98 Å². The fourth-order valence-electron chi connectivity index (χ4n) is 1.59. The van der Waals surface area contributed by atoms with Crippen molar-refractivity contribution in [2.24, 2.45) is 0 Å². The molecule has 0 bridgehead atoms. The van der Waals surface area contributed by atoms with Crippen molar-refractivity contribution in [2.45, 2.75) is 13.1 Å². The summed E-state index contributed by atoms with van der Waals surface area (Å²) in [5.41, 5.74) is -1.09. The molecule has 0 aliphatic heterocycles. The highest BCUT2D eigenvalue weighted by atomic mass is 19.4. The van der Waals surface area contributed by atoms with Gasteiger partial charge in [0, 0.05) is 19.7 Å². The highest BCUT2D eigenvalue weighted by molar-refractivity contribution is 5.98. The fraction of sp³-hybridized carbons (Fsp3) is 0.455. The standard InChI is InChI=1S/C11H13F3N4O3/c1-3-15-9-4-7(8(5-16-9)18(20)21)10(19)17(2)6-11(12,13)14/h4-5H,3,6H2,1-2H3,(H,15,16). The zero-order valence-electron chi connectivity index (χ0n) is 11.3. The van der Waals surface area contributed by atoms with Gasteiger partial charge in [0.2, 0.25) is 0 Å². The minimum atomic E-state index is -4.59. The third-order valence-electron chi connectivity index (χ3n) is 2.43. The third kappa shape index (κ3) is 4.58. The molecule has 21 heavy (non-hydrogen) atoms. The van der Waals surface area contributed by atoms with E-state index in [1.165, 1.54) is 0 Å². The number of nitrogens with one attached hydrogen (secondary N) is 1. The van der Waals surface area contributed by atoms with Crippen LogP contribution < -0.4 is 5.32 Å². The van der Waals surface area contributed by atoms with Gasteiger partial charge in [0.25, 0.3) is 11.6 Å². The van der Waals surface area contributed by atoms with Crippen molar-refractivity contribution in [1.29, 1.82) is 0 Å². The molecule has 1 aromatic rings. The predicted octanol–water partition coefficient (Wildman–Crippen LogP) is 2.06. The van der Waals surface area contributed by atoms with Gasteiger partial charge in [-0.15, -0.1) is 0 Å². The first kappa shape index (κ1) is 16.7. The van der Waals surface area contributed by atoms with Gasteiger partial charge in [0.15, 0.2) is 0 Å². The number of halogens is 3. The van der Waals surface area contributed by atoms with Crippen LogP contribution in [0.5, 0.6) is 0 Å². The number of nitrogens with zero attached hydrogens (tertiary/aromatic N) is 3. The van der Waals surface area contributed by atoms with Gasteiger partial charge in [-0.05, 0) is 6.92 Å². The van der Waals surface area contributed by atoms with E-state index in [9.17, 15) is 28.1 Å². The van der Waals surface area contributed by atoms with Crippen LogP contribution in [0.2, 0.25) is 0 Å². The van der Waals surface area contributed by atoms with Crippen molar-refractivity contribution >= 4 is 17.4 Å². The van der Waals surface area contributed by atoms with E-state index in [1.807, 2.05) is 0 Å². The maximum Gasteiger partial charge on any atom is 0.406 e. The van der Waals surface area contributed by atoms with Crippen LogP contribution in [-0.4, -0.2) is 47.0 Å². The Balaban J connectivity index is 3.15. The van der Waals surface area contributed by atoms with Crippen molar-refractivity contribution in [3.63, 3.8) is 0 Å². The Morgan fingerprint density at radius 3 is 2.62 bits per heavy atom. The summed E-state index contributed by atoms with van der Waals surface area (Å²) in [5, 5.41) is 13.6. The van der Waals surface area contributed by atoms with Crippen molar-refractivity contribution < 1.29 is 22.9 Å². The van der Waals surface area contributed by atoms with Crippen LogP contribution in [0.25, 0.3) is 0 Å². The number of carbonyl (C=O) groups is 1. The molecular formula is C11H13F3N4O3. The van der Waals surface area contributed by atoms with E-state index in [0.29, 0.717) is 11.4 Å². The number of amides is 1. The molecule has 0 saturated heterocycles. The summed E-state index contributed by atoms with van der Waals surface area (Å²) in [7, 11) is 0.924. The summed E-state index contributed by atoms with van der Waals surface area (Å²) in [4.78, 5) is 26.1. The molecule has 1 amide bonds. The van der Waals surface area contributed by atoms with Crippen molar-refractivity contribution in [3.05, 3.63) is 27.9 Å². The van der Waals surface area contributed by atoms with Gasteiger partial charge in [0.1, 0.15) is 24.1 Å². The molecule has 0 radical (unpaired) electrons. The van der Waals surface area contributed by atoms with E-state index < -0.39 is 34.8 Å². The average Bonchev–Trinajstić information content (AvgIpc) is 2.35. The van der Waals surface area contributed by atoms with E-state index in [4.69, 9.17) is 0 Å². The molecule has 0 aliphatic rings. The predicted molar refractivity (Wildman–Crippen MR) is 68.1 cm³/mol. The minimum Gasteiger partial charge on any atom is -0.370 e. The highest BCUT2D eigenvalue weighted by Crippen LogP contribution is 2.23. The molecule has 1 aromatic heterocycles. The molecule has 0 unspecified atom stereocenters. The lowest BCUT2D eigenvalue weighted by molar-refractivity contribution is -0.385. The number of anilines is 1. The topological polar surface area (TPSA) is 88.4 Å². The zero-order valence-corrected chi connectivity index (χ0v) is 11.3. The number of rotatable bonds is 5. The molecule has 0 aromatic carbocycles. The normalized spacial score (nSPS) is 11.1. The monoisotopic (exact) mass is 306 g/mol. The Bertz CT molecular complexity index is 548. The molecule has 1 N–H and O–H groups in total. The molecule has 0 spiro atoms. The number of aromatic nitrogens is 1. The van der Waals surface area contributed by atoms with Crippen LogP contribution in [0.4, 0.5) is 24.7 Å². The smallest absolute Gasteiger partial charge is 0.370 e. The van der Waals surface area contributed by atoms with E-state index in [2.05, 4.69) is 10.3 Å². The molecule has 0 atom stereocenters. The molecule has 0 fully saturated rings. The van der Waals surface area contributed by atoms with Crippen LogP contribution in [-0.2, 0) is 0 Å². The van der Waals surface area contributed by atoms with E-state index >= 15 is 0 Å². The first-order valence-electron chi connectivity index (χ1n) is 5.86. The molecule has 116 valence electrons. The molecule has 1 heterocycles. The molecule has 0 aliphatic carbocycles. The van der Waals surface area contributed by atoms with E-state index in [0.717, 1.165) is 19.3 Å². The average molecular weight is 306 g/mol. The Hall–Kier alpha value is -2.39. The summed E-state index contributed by atoms with van der Waals surface area (Å²) < 4.78 is 36.9. The Labute approximate surface area is 117 Å². The second kappa shape index (κ2) is 6.37.